The predicted molar refractivity (Wildman–Crippen MR) is 191 cm³/mol. The molecule has 1 atom stereocenters. The SMILES string of the molecule is CCC(=O)Oc1c(C)c(C/C=C(\C)C(CC)(CC)CC/C=C(\C)C(C)(CC)CCC=C(C)C)c(OC(=O)CC)c2ccccc12. The molecule has 0 aromatic heterocycles. The highest BCUT2D eigenvalue weighted by atomic mass is 16.5. The molecule has 0 radical (unpaired) electrons. The second-order valence-corrected chi connectivity index (χ2v) is 13.2. The highest BCUT2D eigenvalue weighted by molar-refractivity contribution is 5.98. The zero-order valence-corrected chi connectivity index (χ0v) is 30.2. The van der Waals surface area contributed by atoms with E-state index >= 15 is 0 Å². The molecule has 45 heavy (non-hydrogen) atoms. The summed E-state index contributed by atoms with van der Waals surface area (Å²) < 4.78 is 11.9. The minimum atomic E-state index is -0.283. The lowest BCUT2D eigenvalue weighted by Gasteiger charge is -2.34. The Morgan fingerprint density at radius 2 is 1.24 bits per heavy atom. The summed E-state index contributed by atoms with van der Waals surface area (Å²) >= 11 is 0. The number of benzene rings is 2. The maximum absolute atomic E-state index is 12.6. The van der Waals surface area contributed by atoms with Gasteiger partial charge in [0.2, 0.25) is 0 Å². The Kier molecular flexibility index (Phi) is 14.8. The summed E-state index contributed by atoms with van der Waals surface area (Å²) in [6.07, 6.45) is 16.0. The molecule has 0 spiro atoms. The van der Waals surface area contributed by atoms with Gasteiger partial charge in [0.1, 0.15) is 11.5 Å². The topological polar surface area (TPSA) is 52.6 Å². The van der Waals surface area contributed by atoms with Gasteiger partial charge >= 0.3 is 11.9 Å². The minimum Gasteiger partial charge on any atom is -0.426 e. The zero-order chi connectivity index (χ0) is 33.8. The zero-order valence-electron chi connectivity index (χ0n) is 30.2. The van der Waals surface area contributed by atoms with Crippen molar-refractivity contribution in [2.24, 2.45) is 10.8 Å². The normalized spacial score (nSPS) is 13.8. The molecule has 1 unspecified atom stereocenters. The van der Waals surface area contributed by atoms with Crippen molar-refractivity contribution in [1.82, 2.24) is 0 Å². The van der Waals surface area contributed by atoms with E-state index in [0.29, 0.717) is 17.9 Å². The molecular formula is C41H60O4. The Morgan fingerprint density at radius 3 is 1.76 bits per heavy atom. The van der Waals surface area contributed by atoms with Crippen LogP contribution in [0.3, 0.4) is 0 Å². The van der Waals surface area contributed by atoms with Gasteiger partial charge < -0.3 is 9.47 Å². The number of hydrogen-bond donors (Lipinski definition) is 0. The van der Waals surface area contributed by atoms with E-state index in [9.17, 15) is 9.59 Å². The van der Waals surface area contributed by atoms with E-state index in [0.717, 1.165) is 60.4 Å². The fraction of sp³-hybridized carbons (Fsp3) is 0.561. The van der Waals surface area contributed by atoms with Gasteiger partial charge in [-0.3, -0.25) is 9.59 Å². The molecule has 0 saturated heterocycles. The number of hydrogen-bond acceptors (Lipinski definition) is 4. The van der Waals surface area contributed by atoms with E-state index in [1.165, 1.54) is 23.1 Å². The number of fused-ring (bicyclic) bond motifs is 1. The number of esters is 2. The van der Waals surface area contributed by atoms with E-state index < -0.39 is 0 Å². The van der Waals surface area contributed by atoms with Gasteiger partial charge in [0.05, 0.1) is 0 Å². The van der Waals surface area contributed by atoms with Gasteiger partial charge in [-0.05, 0) is 102 Å². The fourth-order valence-electron chi connectivity index (χ4n) is 6.39. The van der Waals surface area contributed by atoms with Crippen LogP contribution in [-0.2, 0) is 16.0 Å². The third-order valence-electron chi connectivity index (χ3n) is 10.3. The Labute approximate surface area is 274 Å². The smallest absolute Gasteiger partial charge is 0.310 e. The quantitative estimate of drug-likeness (QED) is 0.101. The summed E-state index contributed by atoms with van der Waals surface area (Å²) in [6, 6.07) is 7.71. The summed E-state index contributed by atoms with van der Waals surface area (Å²) in [4.78, 5) is 25.1. The molecule has 0 aliphatic rings. The first-order valence-electron chi connectivity index (χ1n) is 17.3. The summed E-state index contributed by atoms with van der Waals surface area (Å²) in [5.74, 6) is 0.559. The standard InChI is InChI=1S/C41H60O4/c1-12-36(42)44-38-32(10)33(39(45-37(43)13-2)35-24-18-17-23-34(35)38)26-25-31(9)41(15-4,16-5)28-20-22-30(8)40(11,14-3)27-19-21-29(6)7/h17-18,21-25H,12-16,19-20,26-28H2,1-11H3/b30-22+,31-25+. The first-order chi connectivity index (χ1) is 21.3. The third-order valence-corrected chi connectivity index (χ3v) is 10.3. The monoisotopic (exact) mass is 616 g/mol. The second kappa shape index (κ2) is 17.5. The second-order valence-electron chi connectivity index (χ2n) is 13.2. The molecule has 0 bridgehead atoms. The summed E-state index contributed by atoms with van der Waals surface area (Å²) in [5, 5.41) is 1.56. The molecule has 0 fully saturated rings. The van der Waals surface area contributed by atoms with Crippen LogP contribution in [0.1, 0.15) is 138 Å². The third kappa shape index (κ3) is 9.67. The van der Waals surface area contributed by atoms with Gasteiger partial charge in [-0.25, -0.2) is 0 Å². The highest BCUT2D eigenvalue weighted by Crippen LogP contribution is 2.44. The number of carbonyl (C=O) groups excluding carboxylic acids is 2. The average Bonchev–Trinajstić information content (AvgIpc) is 3.03. The van der Waals surface area contributed by atoms with Crippen molar-refractivity contribution in [3.8, 4) is 11.5 Å². The average molecular weight is 617 g/mol. The molecule has 0 aliphatic heterocycles. The van der Waals surface area contributed by atoms with Crippen LogP contribution in [0, 0.1) is 17.8 Å². The highest BCUT2D eigenvalue weighted by Gasteiger charge is 2.29. The van der Waals surface area contributed by atoms with E-state index in [1.807, 2.05) is 31.2 Å². The molecule has 2 aromatic carbocycles. The molecule has 0 saturated carbocycles. The molecule has 4 nitrogen and oxygen atoms in total. The first-order valence-corrected chi connectivity index (χ1v) is 17.3. The van der Waals surface area contributed by atoms with E-state index in [2.05, 4.69) is 73.6 Å². The van der Waals surface area contributed by atoms with Gasteiger partial charge in [0, 0.05) is 29.2 Å². The van der Waals surface area contributed by atoms with Crippen molar-refractivity contribution in [1.29, 1.82) is 0 Å². The Morgan fingerprint density at radius 1 is 0.711 bits per heavy atom. The molecule has 0 heterocycles. The minimum absolute atomic E-state index is 0.0734. The lowest BCUT2D eigenvalue weighted by molar-refractivity contribution is -0.135. The maximum atomic E-state index is 12.6. The summed E-state index contributed by atoms with van der Waals surface area (Å²) in [5.41, 5.74) is 6.26. The summed E-state index contributed by atoms with van der Waals surface area (Å²) in [6.45, 7) is 23.8. The van der Waals surface area contributed by atoms with Crippen molar-refractivity contribution in [2.75, 3.05) is 0 Å². The molecule has 2 rings (SSSR count). The molecule has 2 aromatic rings. The molecule has 0 N–H and O–H groups in total. The maximum Gasteiger partial charge on any atom is 0.310 e. The summed E-state index contributed by atoms with van der Waals surface area (Å²) in [7, 11) is 0. The predicted octanol–water partition coefficient (Wildman–Crippen LogP) is 12.0. The largest absolute Gasteiger partial charge is 0.426 e. The fourth-order valence-corrected chi connectivity index (χ4v) is 6.39. The number of rotatable bonds is 17. The first kappa shape index (κ1) is 38.0. The number of allylic oxidation sites excluding steroid dienone is 6. The van der Waals surface area contributed by atoms with Gasteiger partial charge in [0.15, 0.2) is 0 Å². The molecular weight excluding hydrogens is 556 g/mol. The van der Waals surface area contributed by atoms with Crippen molar-refractivity contribution in [3.63, 3.8) is 0 Å². The molecule has 0 amide bonds. The van der Waals surface area contributed by atoms with Crippen LogP contribution in [-0.4, -0.2) is 11.9 Å². The van der Waals surface area contributed by atoms with Gasteiger partial charge in [-0.1, -0.05) is 101 Å². The van der Waals surface area contributed by atoms with Crippen molar-refractivity contribution in [2.45, 2.75) is 140 Å². The number of ether oxygens (including phenoxy) is 2. The van der Waals surface area contributed by atoms with Gasteiger partial charge in [0.25, 0.3) is 0 Å². The van der Waals surface area contributed by atoms with E-state index in [4.69, 9.17) is 9.47 Å². The molecule has 0 aliphatic carbocycles. The van der Waals surface area contributed by atoms with Crippen LogP contribution in [0.2, 0.25) is 0 Å². The number of carbonyl (C=O) groups is 2. The Balaban J connectivity index is 2.50. The Hall–Kier alpha value is -3.14. The van der Waals surface area contributed by atoms with Crippen molar-refractivity contribution < 1.29 is 19.1 Å². The van der Waals surface area contributed by atoms with Crippen molar-refractivity contribution in [3.05, 3.63) is 70.3 Å². The lowest BCUT2D eigenvalue weighted by Crippen LogP contribution is -2.21. The lowest BCUT2D eigenvalue weighted by atomic mass is 9.71. The molecule has 248 valence electrons. The van der Waals surface area contributed by atoms with Gasteiger partial charge in [-0.15, -0.1) is 0 Å². The molecule has 4 heteroatoms. The van der Waals surface area contributed by atoms with Crippen LogP contribution in [0.15, 0.2) is 59.2 Å². The van der Waals surface area contributed by atoms with Crippen molar-refractivity contribution >= 4 is 22.7 Å². The van der Waals surface area contributed by atoms with Crippen LogP contribution in [0.5, 0.6) is 11.5 Å². The van der Waals surface area contributed by atoms with Crippen LogP contribution < -0.4 is 9.47 Å². The Bertz CT molecular complexity index is 1400. The van der Waals surface area contributed by atoms with Gasteiger partial charge in [-0.2, -0.15) is 0 Å². The van der Waals surface area contributed by atoms with E-state index in [1.54, 1.807) is 13.8 Å². The van der Waals surface area contributed by atoms with Crippen LogP contribution in [0.25, 0.3) is 10.8 Å². The van der Waals surface area contributed by atoms with Crippen LogP contribution in [0.4, 0.5) is 0 Å². The van der Waals surface area contributed by atoms with Crippen LogP contribution >= 0.6 is 0 Å². The van der Waals surface area contributed by atoms with E-state index in [-0.39, 0.29) is 35.6 Å².